The highest BCUT2D eigenvalue weighted by molar-refractivity contribution is 9.10. The summed E-state index contributed by atoms with van der Waals surface area (Å²) in [5, 5.41) is 11.9. The van der Waals surface area contributed by atoms with Crippen LogP contribution in [0.2, 0.25) is 0 Å². The van der Waals surface area contributed by atoms with Crippen molar-refractivity contribution in [2.24, 2.45) is 0 Å². The van der Waals surface area contributed by atoms with Gasteiger partial charge in [0.15, 0.2) is 0 Å². The summed E-state index contributed by atoms with van der Waals surface area (Å²) in [4.78, 5) is 23.3. The zero-order valence-electron chi connectivity index (χ0n) is 10.9. The fourth-order valence-electron chi connectivity index (χ4n) is 2.42. The van der Waals surface area contributed by atoms with Gasteiger partial charge >= 0.3 is 5.97 Å². The number of halogens is 1. The monoisotopic (exact) mass is 337 g/mol. The third-order valence-electron chi connectivity index (χ3n) is 3.55. The number of carbonyl (C=O) groups excluding carboxylic acids is 1. The summed E-state index contributed by atoms with van der Waals surface area (Å²) < 4.78 is 0.887. The lowest BCUT2D eigenvalue weighted by atomic mass is 9.98. The summed E-state index contributed by atoms with van der Waals surface area (Å²) >= 11 is 3.39. The SMILES string of the molecule is O=C(/C=C/c1ccccc1Br)NC1(C(=O)O)CCCC1. The van der Waals surface area contributed by atoms with Gasteiger partial charge in [-0.2, -0.15) is 0 Å². The molecule has 0 unspecified atom stereocenters. The lowest BCUT2D eigenvalue weighted by molar-refractivity contribution is -0.146. The first-order chi connectivity index (χ1) is 9.53. The first kappa shape index (κ1) is 14.8. The number of hydrogen-bond acceptors (Lipinski definition) is 2. The minimum Gasteiger partial charge on any atom is -0.480 e. The van der Waals surface area contributed by atoms with Gasteiger partial charge in [0.1, 0.15) is 5.54 Å². The van der Waals surface area contributed by atoms with E-state index in [0.717, 1.165) is 22.9 Å². The maximum absolute atomic E-state index is 11.9. The Morgan fingerprint density at radius 1 is 1.25 bits per heavy atom. The molecule has 1 saturated carbocycles. The van der Waals surface area contributed by atoms with Gasteiger partial charge in [0.25, 0.3) is 0 Å². The Morgan fingerprint density at radius 3 is 2.50 bits per heavy atom. The number of carboxylic acids is 1. The molecule has 4 nitrogen and oxygen atoms in total. The summed E-state index contributed by atoms with van der Waals surface area (Å²) in [5.41, 5.74) is -0.214. The maximum atomic E-state index is 11.9. The Balaban J connectivity index is 2.05. The number of carboxylic acid groups (broad SMARTS) is 1. The number of carbonyl (C=O) groups is 2. The van der Waals surface area contributed by atoms with E-state index in [9.17, 15) is 14.7 Å². The van der Waals surface area contributed by atoms with Crippen LogP contribution in [0.5, 0.6) is 0 Å². The van der Waals surface area contributed by atoms with Gasteiger partial charge in [-0.1, -0.05) is 47.0 Å². The second-order valence-electron chi connectivity index (χ2n) is 4.94. The number of nitrogens with one attached hydrogen (secondary N) is 1. The van der Waals surface area contributed by atoms with Gasteiger partial charge in [-0.3, -0.25) is 4.79 Å². The van der Waals surface area contributed by atoms with Crippen LogP contribution in [-0.4, -0.2) is 22.5 Å². The second kappa shape index (κ2) is 6.22. The van der Waals surface area contributed by atoms with Gasteiger partial charge in [0.05, 0.1) is 0 Å². The Labute approximate surface area is 126 Å². The third kappa shape index (κ3) is 3.28. The smallest absolute Gasteiger partial charge is 0.329 e. The van der Waals surface area contributed by atoms with Gasteiger partial charge in [-0.25, -0.2) is 4.79 Å². The zero-order valence-corrected chi connectivity index (χ0v) is 12.5. The standard InChI is InChI=1S/C15H16BrNO3/c16-12-6-2-1-5-11(12)7-8-13(18)17-15(14(19)20)9-3-4-10-15/h1-2,5-8H,3-4,9-10H2,(H,17,18)(H,19,20)/b8-7+. The molecule has 0 saturated heterocycles. The molecule has 1 aromatic rings. The molecule has 20 heavy (non-hydrogen) atoms. The molecule has 1 aliphatic rings. The predicted octanol–water partition coefficient (Wildman–Crippen LogP) is 2.98. The van der Waals surface area contributed by atoms with Gasteiger partial charge in [0, 0.05) is 10.5 Å². The Kier molecular flexibility index (Phi) is 4.60. The van der Waals surface area contributed by atoms with Gasteiger partial charge in [-0.15, -0.1) is 0 Å². The first-order valence-electron chi connectivity index (χ1n) is 6.52. The number of benzene rings is 1. The molecule has 1 amide bonds. The molecule has 0 aliphatic heterocycles. The van der Waals surface area contributed by atoms with Crippen molar-refractivity contribution in [1.82, 2.24) is 5.32 Å². The van der Waals surface area contributed by atoms with Crippen molar-refractivity contribution in [1.29, 1.82) is 0 Å². The third-order valence-corrected chi connectivity index (χ3v) is 4.27. The summed E-state index contributed by atoms with van der Waals surface area (Å²) in [5.74, 6) is -1.32. The van der Waals surface area contributed by atoms with Crippen molar-refractivity contribution in [3.8, 4) is 0 Å². The Bertz CT molecular complexity index is 548. The number of amides is 1. The lowest BCUT2D eigenvalue weighted by Crippen LogP contribution is -2.52. The topological polar surface area (TPSA) is 66.4 Å². The fraction of sp³-hybridized carbons (Fsp3) is 0.333. The second-order valence-corrected chi connectivity index (χ2v) is 5.79. The highest BCUT2D eigenvalue weighted by Gasteiger charge is 2.42. The van der Waals surface area contributed by atoms with Crippen molar-refractivity contribution in [3.05, 3.63) is 40.4 Å². The van der Waals surface area contributed by atoms with Crippen molar-refractivity contribution in [3.63, 3.8) is 0 Å². The molecule has 5 heteroatoms. The minimum absolute atomic E-state index is 0.370. The Hall–Kier alpha value is -1.62. The first-order valence-corrected chi connectivity index (χ1v) is 7.31. The van der Waals surface area contributed by atoms with E-state index in [1.165, 1.54) is 6.08 Å². The molecule has 1 aliphatic carbocycles. The van der Waals surface area contributed by atoms with Crippen molar-refractivity contribution in [2.75, 3.05) is 0 Å². The zero-order chi connectivity index (χ0) is 14.6. The van der Waals surface area contributed by atoms with E-state index in [0.29, 0.717) is 12.8 Å². The highest BCUT2D eigenvalue weighted by Crippen LogP contribution is 2.30. The van der Waals surface area contributed by atoms with Crippen LogP contribution in [0.4, 0.5) is 0 Å². The molecule has 0 spiro atoms. The lowest BCUT2D eigenvalue weighted by Gasteiger charge is -2.24. The van der Waals surface area contributed by atoms with Crippen LogP contribution in [0, 0.1) is 0 Å². The van der Waals surface area contributed by atoms with Crippen molar-refractivity contribution >= 4 is 33.9 Å². The Morgan fingerprint density at radius 2 is 1.90 bits per heavy atom. The molecule has 1 fully saturated rings. The number of hydrogen-bond donors (Lipinski definition) is 2. The van der Waals surface area contributed by atoms with E-state index >= 15 is 0 Å². The molecule has 0 heterocycles. The number of rotatable bonds is 4. The van der Waals surface area contributed by atoms with Crippen LogP contribution in [-0.2, 0) is 9.59 Å². The minimum atomic E-state index is -1.09. The normalized spacial score (nSPS) is 17.2. The molecule has 0 atom stereocenters. The maximum Gasteiger partial charge on any atom is 0.329 e. The molecule has 2 N–H and O–H groups in total. The van der Waals surface area contributed by atoms with Crippen molar-refractivity contribution < 1.29 is 14.7 Å². The van der Waals surface area contributed by atoms with E-state index in [-0.39, 0.29) is 5.91 Å². The van der Waals surface area contributed by atoms with Crippen LogP contribution in [0.3, 0.4) is 0 Å². The summed E-state index contributed by atoms with van der Waals surface area (Å²) in [6.07, 6.45) is 5.71. The molecular formula is C15H16BrNO3. The number of aliphatic carboxylic acids is 1. The van der Waals surface area contributed by atoms with Crippen LogP contribution < -0.4 is 5.32 Å². The molecule has 0 radical (unpaired) electrons. The van der Waals surface area contributed by atoms with E-state index < -0.39 is 11.5 Å². The molecule has 106 valence electrons. The van der Waals surface area contributed by atoms with Crippen LogP contribution in [0.1, 0.15) is 31.2 Å². The fourth-order valence-corrected chi connectivity index (χ4v) is 2.84. The van der Waals surface area contributed by atoms with E-state index in [2.05, 4.69) is 21.2 Å². The van der Waals surface area contributed by atoms with Crippen molar-refractivity contribution in [2.45, 2.75) is 31.2 Å². The van der Waals surface area contributed by atoms with Crippen LogP contribution >= 0.6 is 15.9 Å². The van der Waals surface area contributed by atoms with E-state index in [1.54, 1.807) is 6.08 Å². The largest absolute Gasteiger partial charge is 0.480 e. The summed E-state index contributed by atoms with van der Waals surface area (Å²) in [6, 6.07) is 7.52. The predicted molar refractivity (Wildman–Crippen MR) is 80.2 cm³/mol. The molecule has 0 aromatic heterocycles. The molecular weight excluding hydrogens is 322 g/mol. The van der Waals surface area contributed by atoms with E-state index in [4.69, 9.17) is 0 Å². The van der Waals surface area contributed by atoms with Gasteiger partial charge in [0.2, 0.25) is 5.91 Å². The average Bonchev–Trinajstić information content (AvgIpc) is 2.88. The van der Waals surface area contributed by atoms with Crippen LogP contribution in [0.25, 0.3) is 6.08 Å². The molecule has 2 rings (SSSR count). The van der Waals surface area contributed by atoms with Crippen LogP contribution in [0.15, 0.2) is 34.8 Å². The summed E-state index contributed by atoms with van der Waals surface area (Å²) in [6.45, 7) is 0. The van der Waals surface area contributed by atoms with Gasteiger partial charge < -0.3 is 10.4 Å². The quantitative estimate of drug-likeness (QED) is 0.830. The average molecular weight is 338 g/mol. The molecule has 0 bridgehead atoms. The van der Waals surface area contributed by atoms with E-state index in [1.807, 2.05) is 24.3 Å². The highest BCUT2D eigenvalue weighted by atomic mass is 79.9. The van der Waals surface area contributed by atoms with Gasteiger partial charge in [-0.05, 0) is 30.5 Å². The molecule has 1 aromatic carbocycles. The summed E-state index contributed by atoms with van der Waals surface area (Å²) in [7, 11) is 0.